The molecular formula is C53H40N4S. The van der Waals surface area contributed by atoms with Crippen molar-refractivity contribution in [2.45, 2.75) is 33.4 Å². The van der Waals surface area contributed by atoms with Crippen molar-refractivity contribution in [1.29, 1.82) is 0 Å². The SMILES string of the molecule is Cc1cc(C)cc(-c2nc(-c3cccc(-n4c5ccccc5c5ccccc54)c3)nc(-c3cccc(S(c4ccccc4)(c4ccccc4)c4ccccc4)c3)n2)c1. The van der Waals surface area contributed by atoms with Gasteiger partial charge < -0.3 is 4.57 Å². The minimum atomic E-state index is -1.92. The molecule has 10 aromatic rings. The molecule has 0 bridgehead atoms. The number of hydrogen-bond acceptors (Lipinski definition) is 3. The van der Waals surface area contributed by atoms with Crippen LogP contribution in [0.15, 0.2) is 226 Å². The van der Waals surface area contributed by atoms with Crippen molar-refractivity contribution in [2.75, 3.05) is 0 Å². The van der Waals surface area contributed by atoms with Crippen LogP contribution >= 0.6 is 10.0 Å². The minimum Gasteiger partial charge on any atom is -0.309 e. The van der Waals surface area contributed by atoms with Gasteiger partial charge in [0.15, 0.2) is 17.5 Å². The van der Waals surface area contributed by atoms with Gasteiger partial charge in [-0.15, -0.1) is 10.0 Å². The van der Waals surface area contributed by atoms with Crippen LogP contribution in [0.3, 0.4) is 0 Å². The minimum absolute atomic E-state index is 0.625. The van der Waals surface area contributed by atoms with Crippen LogP contribution in [0.4, 0.5) is 0 Å². The maximum atomic E-state index is 5.31. The molecule has 10 rings (SSSR count). The first-order chi connectivity index (χ1) is 28.6. The Kier molecular flexibility index (Phi) is 9.00. The number of aromatic nitrogens is 4. The van der Waals surface area contributed by atoms with Crippen LogP contribution in [0.25, 0.3) is 61.7 Å². The Morgan fingerprint density at radius 1 is 0.345 bits per heavy atom. The van der Waals surface area contributed by atoms with E-state index in [4.69, 9.17) is 15.0 Å². The average Bonchev–Trinajstić information content (AvgIpc) is 3.62. The Balaban J connectivity index is 1.19. The van der Waals surface area contributed by atoms with Gasteiger partial charge in [0, 0.05) is 52.7 Å². The van der Waals surface area contributed by atoms with Crippen LogP contribution in [0, 0.1) is 13.8 Å². The second kappa shape index (κ2) is 14.8. The van der Waals surface area contributed by atoms with Gasteiger partial charge in [0.1, 0.15) is 0 Å². The third kappa shape index (κ3) is 6.17. The van der Waals surface area contributed by atoms with Crippen molar-refractivity contribution in [1.82, 2.24) is 19.5 Å². The number of aryl methyl sites for hydroxylation is 2. The molecule has 4 nitrogen and oxygen atoms in total. The van der Waals surface area contributed by atoms with Crippen molar-refractivity contribution in [3.63, 3.8) is 0 Å². The summed E-state index contributed by atoms with van der Waals surface area (Å²) in [4.78, 5) is 20.8. The molecule has 2 aromatic heterocycles. The average molecular weight is 765 g/mol. The molecule has 0 unspecified atom stereocenters. The number of nitrogens with zero attached hydrogens (tertiary/aromatic N) is 4. The van der Waals surface area contributed by atoms with Gasteiger partial charge >= 0.3 is 0 Å². The van der Waals surface area contributed by atoms with Crippen LogP contribution in [0.5, 0.6) is 0 Å². The number of para-hydroxylation sites is 2. The lowest BCUT2D eigenvalue weighted by Crippen LogP contribution is -2.06. The van der Waals surface area contributed by atoms with Gasteiger partial charge in [-0.25, -0.2) is 15.0 Å². The van der Waals surface area contributed by atoms with Crippen LogP contribution in [-0.4, -0.2) is 19.5 Å². The van der Waals surface area contributed by atoms with E-state index in [9.17, 15) is 0 Å². The van der Waals surface area contributed by atoms with E-state index in [1.807, 2.05) is 0 Å². The smallest absolute Gasteiger partial charge is 0.164 e. The highest BCUT2D eigenvalue weighted by Crippen LogP contribution is 2.73. The zero-order valence-corrected chi connectivity index (χ0v) is 33.1. The van der Waals surface area contributed by atoms with Gasteiger partial charge in [0.25, 0.3) is 0 Å². The van der Waals surface area contributed by atoms with E-state index in [0.29, 0.717) is 17.5 Å². The lowest BCUT2D eigenvalue weighted by atomic mass is 10.1. The predicted octanol–water partition coefficient (Wildman–Crippen LogP) is 13.9. The molecule has 0 saturated heterocycles. The predicted molar refractivity (Wildman–Crippen MR) is 240 cm³/mol. The molecule has 278 valence electrons. The molecule has 0 aliphatic rings. The fourth-order valence-electron chi connectivity index (χ4n) is 8.37. The van der Waals surface area contributed by atoms with Gasteiger partial charge in [-0.05, 0) is 98.8 Å². The zero-order chi connectivity index (χ0) is 39.1. The first-order valence-electron chi connectivity index (χ1n) is 19.6. The van der Waals surface area contributed by atoms with E-state index in [1.54, 1.807) is 0 Å². The molecule has 0 saturated carbocycles. The standard InChI is InChI=1S/C53H40N4S/c1-37-32-38(2)34-41(33-37)53-55-51(39-18-16-20-42(35-39)57-49-30-14-12-28-47(49)48-29-13-15-31-50(48)57)54-52(56-53)40-19-17-27-46(36-40)58(43-21-6-3-7-22-43,44-23-8-4-9-24-44)45-25-10-5-11-26-45/h3-36H,1-2H3. The lowest BCUT2D eigenvalue weighted by Gasteiger charge is -2.42. The summed E-state index contributed by atoms with van der Waals surface area (Å²) in [6.07, 6.45) is 0. The first-order valence-corrected chi connectivity index (χ1v) is 21.2. The molecule has 0 aliphatic carbocycles. The van der Waals surface area contributed by atoms with Crippen molar-refractivity contribution in [2.24, 2.45) is 0 Å². The highest BCUT2D eigenvalue weighted by atomic mass is 32.3. The fourth-order valence-corrected chi connectivity index (χ4v) is 12.3. The van der Waals surface area contributed by atoms with Crippen molar-refractivity contribution >= 4 is 31.8 Å². The van der Waals surface area contributed by atoms with Crippen molar-refractivity contribution in [3.8, 4) is 39.9 Å². The summed E-state index contributed by atoms with van der Waals surface area (Å²) >= 11 is 0. The number of rotatable bonds is 8. The van der Waals surface area contributed by atoms with E-state index in [0.717, 1.165) is 44.5 Å². The molecule has 0 aliphatic heterocycles. The summed E-state index contributed by atoms with van der Waals surface area (Å²) < 4.78 is 2.34. The fraction of sp³-hybridized carbons (Fsp3) is 0.0377. The number of benzene rings is 8. The van der Waals surface area contributed by atoms with E-state index < -0.39 is 10.0 Å². The lowest BCUT2D eigenvalue weighted by molar-refractivity contribution is 1.07. The van der Waals surface area contributed by atoms with E-state index in [2.05, 4.69) is 225 Å². The van der Waals surface area contributed by atoms with Crippen LogP contribution in [0.1, 0.15) is 11.1 Å². The number of fused-ring (bicyclic) bond motifs is 3. The number of hydrogen-bond donors (Lipinski definition) is 0. The Morgan fingerprint density at radius 3 is 1.28 bits per heavy atom. The van der Waals surface area contributed by atoms with E-state index in [-0.39, 0.29) is 0 Å². The molecule has 0 atom stereocenters. The Labute approximate surface area is 340 Å². The van der Waals surface area contributed by atoms with Gasteiger partial charge in [-0.2, -0.15) is 0 Å². The van der Waals surface area contributed by atoms with Crippen LogP contribution in [-0.2, 0) is 0 Å². The third-order valence-corrected chi connectivity index (χ3v) is 14.7. The topological polar surface area (TPSA) is 43.6 Å². The van der Waals surface area contributed by atoms with Gasteiger partial charge in [0.2, 0.25) is 0 Å². The van der Waals surface area contributed by atoms with E-state index >= 15 is 0 Å². The highest BCUT2D eigenvalue weighted by molar-refractivity contribution is 8.34. The molecule has 5 heteroatoms. The first kappa shape index (κ1) is 35.3. The van der Waals surface area contributed by atoms with Crippen molar-refractivity contribution < 1.29 is 0 Å². The molecule has 2 heterocycles. The second-order valence-corrected chi connectivity index (χ2v) is 17.8. The molecule has 8 aromatic carbocycles. The van der Waals surface area contributed by atoms with Crippen molar-refractivity contribution in [3.05, 3.63) is 217 Å². The second-order valence-electron chi connectivity index (χ2n) is 14.7. The molecule has 0 radical (unpaired) electrons. The third-order valence-electron chi connectivity index (χ3n) is 10.8. The Bertz CT molecular complexity index is 2910. The van der Waals surface area contributed by atoms with Crippen LogP contribution < -0.4 is 0 Å². The summed E-state index contributed by atoms with van der Waals surface area (Å²) in [6.45, 7) is 4.24. The molecule has 0 fully saturated rings. The zero-order valence-electron chi connectivity index (χ0n) is 32.3. The van der Waals surface area contributed by atoms with E-state index in [1.165, 1.54) is 30.4 Å². The molecule has 58 heavy (non-hydrogen) atoms. The molecule has 0 amide bonds. The largest absolute Gasteiger partial charge is 0.309 e. The van der Waals surface area contributed by atoms with Gasteiger partial charge in [0.05, 0.1) is 11.0 Å². The molecule has 0 N–H and O–H groups in total. The summed E-state index contributed by atoms with van der Waals surface area (Å²) in [7, 11) is -1.92. The summed E-state index contributed by atoms with van der Waals surface area (Å²) in [5.41, 5.74) is 8.51. The van der Waals surface area contributed by atoms with Crippen LogP contribution in [0.2, 0.25) is 0 Å². The molecule has 0 spiro atoms. The molecular weight excluding hydrogens is 725 g/mol. The van der Waals surface area contributed by atoms with Gasteiger partial charge in [-0.1, -0.05) is 132 Å². The van der Waals surface area contributed by atoms with Gasteiger partial charge in [-0.3, -0.25) is 0 Å². The highest BCUT2D eigenvalue weighted by Gasteiger charge is 2.33. The quantitative estimate of drug-likeness (QED) is 0.155. The Hall–Kier alpha value is -7.08. The summed E-state index contributed by atoms with van der Waals surface area (Å²) in [5, 5.41) is 2.45. The summed E-state index contributed by atoms with van der Waals surface area (Å²) in [6, 6.07) is 73.9. The monoisotopic (exact) mass is 764 g/mol. The summed E-state index contributed by atoms with van der Waals surface area (Å²) in [5.74, 6) is 1.90. The normalized spacial score (nSPS) is 11.9. The maximum absolute atomic E-state index is 5.31. The Morgan fingerprint density at radius 2 is 0.759 bits per heavy atom. The maximum Gasteiger partial charge on any atom is 0.164 e.